The molecule has 30 heavy (non-hydrogen) atoms. The molecule has 0 atom stereocenters. The van der Waals surface area contributed by atoms with Crippen LogP contribution in [0.15, 0.2) is 53.4 Å². The van der Waals surface area contributed by atoms with Crippen LogP contribution in [0.1, 0.15) is 20.3 Å². The normalized spacial score (nSPS) is 11.1. The first kappa shape index (κ1) is 23.0. The van der Waals surface area contributed by atoms with Crippen molar-refractivity contribution < 1.29 is 22.8 Å². The summed E-state index contributed by atoms with van der Waals surface area (Å²) in [6, 6.07) is 12.2. The van der Waals surface area contributed by atoms with E-state index in [4.69, 9.17) is 0 Å². The van der Waals surface area contributed by atoms with Gasteiger partial charge in [-0.3, -0.25) is 14.4 Å². The smallest absolute Gasteiger partial charge is 0.243 e. The lowest BCUT2D eigenvalue weighted by atomic mass is 10.2. The van der Waals surface area contributed by atoms with Crippen molar-refractivity contribution in [2.75, 3.05) is 29.5 Å². The van der Waals surface area contributed by atoms with Crippen LogP contribution in [-0.2, 0) is 24.4 Å². The van der Waals surface area contributed by atoms with Gasteiger partial charge in [0.1, 0.15) is 0 Å². The summed E-state index contributed by atoms with van der Waals surface area (Å²) in [5, 5.41) is 7.87. The van der Waals surface area contributed by atoms with Crippen molar-refractivity contribution in [1.29, 1.82) is 0 Å². The average molecular weight is 433 g/mol. The molecular formula is C20H24N4O5S. The number of hydrogen-bond acceptors (Lipinski definition) is 5. The van der Waals surface area contributed by atoms with Crippen LogP contribution in [0.3, 0.4) is 0 Å². The van der Waals surface area contributed by atoms with E-state index in [0.29, 0.717) is 23.5 Å². The van der Waals surface area contributed by atoms with Gasteiger partial charge in [0.2, 0.25) is 27.7 Å². The van der Waals surface area contributed by atoms with Crippen LogP contribution >= 0.6 is 0 Å². The zero-order valence-corrected chi connectivity index (χ0v) is 17.7. The molecular weight excluding hydrogens is 408 g/mol. The minimum absolute atomic E-state index is 0.00270. The molecule has 2 aromatic rings. The van der Waals surface area contributed by atoms with Crippen molar-refractivity contribution >= 4 is 44.8 Å². The molecule has 0 bridgehead atoms. The molecule has 2 aromatic carbocycles. The number of hydrogen-bond donors (Lipinski definition) is 3. The van der Waals surface area contributed by atoms with Crippen molar-refractivity contribution in [2.24, 2.45) is 0 Å². The van der Waals surface area contributed by atoms with Crippen LogP contribution in [0.5, 0.6) is 0 Å². The van der Waals surface area contributed by atoms with E-state index in [1.807, 2.05) is 0 Å². The molecule has 0 aliphatic rings. The Bertz CT molecular complexity index is 1020. The van der Waals surface area contributed by atoms with E-state index in [1.54, 1.807) is 31.2 Å². The monoisotopic (exact) mass is 432 g/mol. The minimum atomic E-state index is -3.88. The van der Waals surface area contributed by atoms with Crippen LogP contribution in [0.25, 0.3) is 0 Å². The summed E-state index contributed by atoms with van der Waals surface area (Å²) >= 11 is 0. The SMILES string of the molecule is CCC(=O)Nc1ccc(NC(=O)CN(C)S(=O)(=O)c2ccc(NC(C)=O)cc2)cc1. The van der Waals surface area contributed by atoms with E-state index < -0.39 is 15.9 Å². The highest BCUT2D eigenvalue weighted by molar-refractivity contribution is 7.89. The first-order valence-electron chi connectivity index (χ1n) is 9.15. The number of anilines is 3. The molecule has 3 amide bonds. The topological polar surface area (TPSA) is 125 Å². The first-order valence-corrected chi connectivity index (χ1v) is 10.6. The number of amides is 3. The Labute approximate surface area is 175 Å². The number of carbonyl (C=O) groups is 3. The molecule has 9 nitrogen and oxygen atoms in total. The Balaban J connectivity index is 1.98. The number of carbonyl (C=O) groups excluding carboxylic acids is 3. The lowest BCUT2D eigenvalue weighted by molar-refractivity contribution is -0.116. The van der Waals surface area contributed by atoms with E-state index >= 15 is 0 Å². The van der Waals surface area contributed by atoms with E-state index in [2.05, 4.69) is 16.0 Å². The number of benzene rings is 2. The molecule has 0 aromatic heterocycles. The summed E-state index contributed by atoms with van der Waals surface area (Å²) in [5.41, 5.74) is 1.54. The van der Waals surface area contributed by atoms with Gasteiger partial charge in [-0.2, -0.15) is 4.31 Å². The third kappa shape index (κ3) is 6.39. The lowest BCUT2D eigenvalue weighted by Crippen LogP contribution is -2.34. The number of nitrogens with one attached hydrogen (secondary N) is 3. The third-order valence-electron chi connectivity index (χ3n) is 4.02. The fourth-order valence-electron chi connectivity index (χ4n) is 2.47. The van der Waals surface area contributed by atoms with Gasteiger partial charge in [0.25, 0.3) is 0 Å². The van der Waals surface area contributed by atoms with E-state index in [1.165, 1.54) is 38.2 Å². The second kappa shape index (κ2) is 9.99. The summed E-state index contributed by atoms with van der Waals surface area (Å²) in [4.78, 5) is 34.7. The maximum absolute atomic E-state index is 12.6. The van der Waals surface area contributed by atoms with E-state index in [0.717, 1.165) is 4.31 Å². The van der Waals surface area contributed by atoms with Crippen LogP contribution < -0.4 is 16.0 Å². The van der Waals surface area contributed by atoms with Gasteiger partial charge < -0.3 is 16.0 Å². The molecule has 0 aliphatic heterocycles. The lowest BCUT2D eigenvalue weighted by Gasteiger charge is -2.17. The summed E-state index contributed by atoms with van der Waals surface area (Å²) in [6.07, 6.45) is 0.356. The molecule has 0 saturated heterocycles. The first-order chi connectivity index (χ1) is 14.1. The van der Waals surface area contributed by atoms with Gasteiger partial charge in [0, 0.05) is 37.5 Å². The van der Waals surface area contributed by atoms with E-state index in [-0.39, 0.29) is 23.3 Å². The summed E-state index contributed by atoms with van der Waals surface area (Å²) in [5.74, 6) is -0.898. The predicted octanol–water partition coefficient (Wildman–Crippen LogP) is 2.25. The van der Waals surface area contributed by atoms with Crippen molar-refractivity contribution in [3.05, 3.63) is 48.5 Å². The molecule has 10 heteroatoms. The molecule has 160 valence electrons. The average Bonchev–Trinajstić information content (AvgIpc) is 2.69. The molecule has 0 heterocycles. The fourth-order valence-corrected chi connectivity index (χ4v) is 3.59. The van der Waals surface area contributed by atoms with Gasteiger partial charge in [-0.25, -0.2) is 8.42 Å². The summed E-state index contributed by atoms with van der Waals surface area (Å²) in [6.45, 7) is 2.71. The van der Waals surface area contributed by atoms with Crippen molar-refractivity contribution in [2.45, 2.75) is 25.2 Å². The van der Waals surface area contributed by atoms with Crippen LogP contribution in [0.2, 0.25) is 0 Å². The largest absolute Gasteiger partial charge is 0.326 e. The highest BCUT2D eigenvalue weighted by Crippen LogP contribution is 2.18. The second-order valence-corrected chi connectivity index (χ2v) is 8.54. The van der Waals surface area contributed by atoms with Crippen LogP contribution in [-0.4, -0.2) is 44.0 Å². The zero-order valence-electron chi connectivity index (χ0n) is 16.9. The maximum Gasteiger partial charge on any atom is 0.243 e. The Morgan fingerprint density at radius 2 is 1.23 bits per heavy atom. The summed E-state index contributed by atoms with van der Waals surface area (Å²) in [7, 11) is -2.58. The molecule has 0 saturated carbocycles. The van der Waals surface area contributed by atoms with Gasteiger partial charge in [-0.15, -0.1) is 0 Å². The van der Waals surface area contributed by atoms with Crippen molar-refractivity contribution in [3.8, 4) is 0 Å². The van der Waals surface area contributed by atoms with Crippen LogP contribution in [0, 0.1) is 0 Å². The molecule has 3 N–H and O–H groups in total. The highest BCUT2D eigenvalue weighted by Gasteiger charge is 2.23. The zero-order chi connectivity index (χ0) is 22.3. The quantitative estimate of drug-likeness (QED) is 0.590. The molecule has 0 spiro atoms. The minimum Gasteiger partial charge on any atom is -0.326 e. The molecule has 0 fully saturated rings. The number of sulfonamides is 1. The summed E-state index contributed by atoms with van der Waals surface area (Å²) < 4.78 is 26.2. The van der Waals surface area contributed by atoms with Gasteiger partial charge in [0.15, 0.2) is 0 Å². The van der Waals surface area contributed by atoms with Crippen molar-refractivity contribution in [3.63, 3.8) is 0 Å². The molecule has 0 radical (unpaired) electrons. The third-order valence-corrected chi connectivity index (χ3v) is 5.84. The Kier molecular flexibility index (Phi) is 7.67. The van der Waals surface area contributed by atoms with Gasteiger partial charge >= 0.3 is 0 Å². The molecule has 0 unspecified atom stereocenters. The molecule has 0 aliphatic carbocycles. The number of rotatable bonds is 8. The standard InChI is InChI=1S/C20H24N4O5S/c1-4-19(26)22-16-5-7-17(8-6-16)23-20(27)13-24(3)30(28,29)18-11-9-15(10-12-18)21-14(2)25/h5-12H,4,13H2,1-3H3,(H,21,25)(H,22,26)(H,23,27). The van der Waals surface area contributed by atoms with Gasteiger partial charge in [0.05, 0.1) is 11.4 Å². The van der Waals surface area contributed by atoms with E-state index in [9.17, 15) is 22.8 Å². The molecule has 2 rings (SSSR count). The Morgan fingerprint density at radius 1 is 0.800 bits per heavy atom. The number of likely N-dealkylation sites (N-methyl/N-ethyl adjacent to an activating group) is 1. The van der Waals surface area contributed by atoms with Gasteiger partial charge in [-0.05, 0) is 48.5 Å². The van der Waals surface area contributed by atoms with Crippen molar-refractivity contribution in [1.82, 2.24) is 4.31 Å². The number of nitrogens with zero attached hydrogens (tertiary/aromatic N) is 1. The maximum atomic E-state index is 12.6. The fraction of sp³-hybridized carbons (Fsp3) is 0.250. The predicted molar refractivity (Wildman–Crippen MR) is 115 cm³/mol. The Hall–Kier alpha value is -3.24. The Morgan fingerprint density at radius 3 is 1.70 bits per heavy atom. The van der Waals surface area contributed by atoms with Crippen LogP contribution in [0.4, 0.5) is 17.1 Å². The second-order valence-electron chi connectivity index (χ2n) is 6.49. The highest BCUT2D eigenvalue weighted by atomic mass is 32.2. The van der Waals surface area contributed by atoms with Gasteiger partial charge in [-0.1, -0.05) is 6.92 Å².